The third kappa shape index (κ3) is 16.0. The van der Waals surface area contributed by atoms with Crippen molar-refractivity contribution >= 4 is 46.5 Å². The molecule has 5 unspecified atom stereocenters. The Bertz CT molecular complexity index is 1400. The van der Waals surface area contributed by atoms with Crippen molar-refractivity contribution in [3.8, 4) is 0 Å². The lowest BCUT2D eigenvalue weighted by Gasteiger charge is -2.23. The molecule has 0 amide bonds. The van der Waals surface area contributed by atoms with Gasteiger partial charge in [-0.25, -0.2) is 22.6 Å². The maximum atomic E-state index is 15.0. The Morgan fingerprint density at radius 2 is 0.432 bits per heavy atom. The third-order valence-corrected chi connectivity index (χ3v) is 15.2. The van der Waals surface area contributed by atoms with E-state index in [2.05, 4.69) is 22.6 Å². The minimum atomic E-state index is -8.50. The second kappa shape index (κ2) is 12.6. The van der Waals surface area contributed by atoms with Crippen molar-refractivity contribution < 1.29 is 118 Å². The molecule has 0 saturated carbocycles. The number of rotatable bonds is 5. The minimum Gasteiger partial charge on any atom is -0.207 e. The maximum Gasteiger partial charge on any atom is 0.530 e. The SMILES string of the molecule is FC(F)(F)OP1(F)=NP(F)(F)=NP(F)(OC(F)(F)F)=NP(F)(OC(F)(F)F)=NP(F)(OC(F)(F)F)=NP(F)(OC(F)(F)F)=N1. The van der Waals surface area contributed by atoms with Crippen molar-refractivity contribution in [3.63, 3.8) is 0 Å². The molecule has 0 aromatic heterocycles. The third-order valence-electron chi connectivity index (χ3n) is 2.42. The topological polar surface area (TPSA) is 120 Å². The van der Waals surface area contributed by atoms with Gasteiger partial charge in [0.1, 0.15) is 0 Å². The van der Waals surface area contributed by atoms with Crippen LogP contribution in [-0.2, 0) is 22.6 Å². The van der Waals surface area contributed by atoms with Gasteiger partial charge in [0.25, 0.3) is 0 Å². The predicted molar refractivity (Wildman–Crippen MR) is 99.5 cm³/mol. The van der Waals surface area contributed by atoms with Crippen molar-refractivity contribution in [2.75, 3.05) is 0 Å². The summed E-state index contributed by atoms with van der Waals surface area (Å²) in [5.41, 5.74) is 0. The smallest absolute Gasteiger partial charge is 0.207 e. The first-order valence-corrected chi connectivity index (χ1v) is 17.3. The van der Waals surface area contributed by atoms with Crippen LogP contribution in [0.2, 0.25) is 0 Å². The van der Waals surface area contributed by atoms with Crippen molar-refractivity contribution in [2.24, 2.45) is 27.1 Å². The Morgan fingerprint density at radius 1 is 0.273 bits per heavy atom. The highest BCUT2D eigenvalue weighted by molar-refractivity contribution is 7.78. The van der Waals surface area contributed by atoms with Gasteiger partial charge in [-0.2, -0.15) is 21.0 Å². The lowest BCUT2D eigenvalue weighted by atomic mass is 11.4. The van der Waals surface area contributed by atoms with E-state index in [4.69, 9.17) is 0 Å². The monoisotopic (exact) mass is 828 g/mol. The van der Waals surface area contributed by atoms with Crippen LogP contribution in [-0.4, -0.2) is 31.8 Å². The standard InChI is InChI=1S/C5F22N6O5P6/c6-1(7,8)34-40(23)28-39(21,22)29-41(24,35-2(9,10)11)31-43(26,37-4(15,16)17)33-44(27,38-5(18,19)20)32-42(25,30-40)36-3(12,13)14. The molecule has 0 radical (unpaired) electrons. The lowest BCUT2D eigenvalue weighted by molar-refractivity contribution is -0.277. The molecular weight excluding hydrogens is 828 g/mol. The normalized spacial score (nSPS) is 34.5. The van der Waals surface area contributed by atoms with E-state index in [0.29, 0.717) is 0 Å². The summed E-state index contributed by atoms with van der Waals surface area (Å²) in [5, 5.41) is 0. The fraction of sp³-hybridized carbons (Fsp3) is 1.00. The molecule has 0 spiro atoms. The van der Waals surface area contributed by atoms with Crippen LogP contribution in [0.4, 0.5) is 95.2 Å². The van der Waals surface area contributed by atoms with Crippen molar-refractivity contribution in [1.82, 2.24) is 0 Å². The van der Waals surface area contributed by atoms with Crippen LogP contribution < -0.4 is 0 Å². The molecular formula is C5F22N6O5P6. The highest BCUT2D eigenvalue weighted by Crippen LogP contribution is 2.84. The van der Waals surface area contributed by atoms with Crippen LogP contribution in [0.5, 0.6) is 0 Å². The Labute approximate surface area is 224 Å². The molecule has 0 saturated heterocycles. The Kier molecular flexibility index (Phi) is 11.9. The van der Waals surface area contributed by atoms with Crippen molar-refractivity contribution in [3.05, 3.63) is 0 Å². The Hall–Kier alpha value is -0.360. The van der Waals surface area contributed by atoms with Crippen LogP contribution in [0.1, 0.15) is 0 Å². The summed E-state index contributed by atoms with van der Waals surface area (Å²) in [6, 6.07) is 0. The zero-order valence-corrected chi connectivity index (χ0v) is 23.6. The summed E-state index contributed by atoms with van der Waals surface area (Å²) >= 11 is 0. The second-order valence-electron chi connectivity index (χ2n) is 6.04. The molecule has 5 atom stereocenters. The molecule has 0 aliphatic carbocycles. The van der Waals surface area contributed by atoms with Gasteiger partial charge in [-0.15, -0.1) is 101 Å². The quantitative estimate of drug-likeness (QED) is 0.202. The van der Waals surface area contributed by atoms with Gasteiger partial charge in [-0.3, -0.25) is 0 Å². The average Bonchev–Trinajstić information content (AvgIpc) is 2.45. The highest BCUT2D eigenvalue weighted by Gasteiger charge is 2.54. The van der Waals surface area contributed by atoms with Gasteiger partial charge < -0.3 is 0 Å². The maximum absolute atomic E-state index is 15.0. The van der Waals surface area contributed by atoms with Gasteiger partial charge in [-0.1, -0.05) is 0 Å². The molecule has 264 valence electrons. The van der Waals surface area contributed by atoms with E-state index in [0.717, 1.165) is 27.1 Å². The largest absolute Gasteiger partial charge is 0.530 e. The number of hydrogen-bond donors (Lipinski definition) is 0. The molecule has 0 fully saturated rings. The summed E-state index contributed by atoms with van der Waals surface area (Å²) in [7, 11) is -50.3. The Morgan fingerprint density at radius 3 is 0.614 bits per heavy atom. The summed E-state index contributed by atoms with van der Waals surface area (Å²) in [4.78, 5) is 0. The molecule has 39 heteroatoms. The molecule has 1 aliphatic heterocycles. The predicted octanol–water partition coefficient (Wildman–Crippen LogP) is 14.1. The molecule has 44 heavy (non-hydrogen) atoms. The molecule has 1 rings (SSSR count). The van der Waals surface area contributed by atoms with E-state index >= 15 is 0 Å². The molecule has 0 aromatic carbocycles. The van der Waals surface area contributed by atoms with E-state index in [1.165, 1.54) is 0 Å². The van der Waals surface area contributed by atoms with Gasteiger partial charge in [0.05, 0.1) is 0 Å². The van der Waals surface area contributed by atoms with E-state index < -0.39 is 78.4 Å². The van der Waals surface area contributed by atoms with Gasteiger partial charge in [0, 0.05) is 0 Å². The number of hydrogen-bond acceptors (Lipinski definition) is 11. The zero-order valence-electron chi connectivity index (χ0n) is 18.2. The van der Waals surface area contributed by atoms with E-state index in [9.17, 15) is 95.2 Å². The van der Waals surface area contributed by atoms with E-state index in [1.807, 2.05) is 0 Å². The fourth-order valence-electron chi connectivity index (χ4n) is 1.76. The van der Waals surface area contributed by atoms with Crippen LogP contribution in [0, 0.1) is 0 Å². The highest BCUT2D eigenvalue weighted by atomic mass is 31.3. The van der Waals surface area contributed by atoms with Crippen molar-refractivity contribution in [2.45, 2.75) is 31.8 Å². The minimum absolute atomic E-state index is 0.785. The molecule has 0 bridgehead atoms. The average molecular weight is 828 g/mol. The number of nitrogens with zero attached hydrogens (tertiary/aromatic N) is 6. The summed E-state index contributed by atoms with van der Waals surface area (Å²) in [6.07, 6.45) is -34.8. The lowest BCUT2D eigenvalue weighted by Crippen LogP contribution is -2.12. The van der Waals surface area contributed by atoms with E-state index in [-0.39, 0.29) is 0 Å². The van der Waals surface area contributed by atoms with Crippen LogP contribution >= 0.6 is 46.5 Å². The molecule has 0 N–H and O–H groups in total. The first-order valence-electron chi connectivity index (χ1n) is 8.35. The first-order chi connectivity index (χ1) is 18.8. The van der Waals surface area contributed by atoms with Gasteiger partial charge >= 0.3 is 78.4 Å². The fourth-order valence-corrected chi connectivity index (χ4v) is 13.8. The van der Waals surface area contributed by atoms with Gasteiger partial charge in [0.2, 0.25) is 0 Å². The summed E-state index contributed by atoms with van der Waals surface area (Å²) < 4.78 is 308. The molecule has 0 aromatic rings. The van der Waals surface area contributed by atoms with Crippen molar-refractivity contribution in [1.29, 1.82) is 0 Å². The number of alkyl halides is 15. The first kappa shape index (κ1) is 41.7. The van der Waals surface area contributed by atoms with Gasteiger partial charge in [0.15, 0.2) is 0 Å². The second-order valence-corrected chi connectivity index (χ2v) is 16.9. The Balaban J connectivity index is 4.83. The van der Waals surface area contributed by atoms with Crippen LogP contribution in [0.3, 0.4) is 0 Å². The summed E-state index contributed by atoms with van der Waals surface area (Å²) in [5.74, 6) is 0. The zero-order chi connectivity index (χ0) is 35.3. The van der Waals surface area contributed by atoms with Crippen LogP contribution in [0.25, 0.3) is 0 Å². The molecule has 1 heterocycles. The summed E-state index contributed by atoms with van der Waals surface area (Å²) in [6.45, 7) is 0. The molecule has 1 aliphatic rings. The van der Waals surface area contributed by atoms with Crippen LogP contribution in [0.15, 0.2) is 27.1 Å². The molecule has 11 nitrogen and oxygen atoms in total. The van der Waals surface area contributed by atoms with Gasteiger partial charge in [-0.05, 0) is 0 Å². The van der Waals surface area contributed by atoms with E-state index in [1.54, 1.807) is 0 Å². The number of halogens is 22.